The summed E-state index contributed by atoms with van der Waals surface area (Å²) in [4.78, 5) is 36.8. The van der Waals surface area contributed by atoms with Crippen LogP contribution in [-0.2, 0) is 9.59 Å². The van der Waals surface area contributed by atoms with Gasteiger partial charge in [0.15, 0.2) is 0 Å². The molecule has 8 heteroatoms. The van der Waals surface area contributed by atoms with Crippen molar-refractivity contribution in [2.75, 3.05) is 18.8 Å². The summed E-state index contributed by atoms with van der Waals surface area (Å²) in [6.45, 7) is -0.274. The topological polar surface area (TPSA) is 92.5 Å². The molecule has 0 saturated carbocycles. The molecule has 1 aliphatic rings. The molecule has 1 aromatic carbocycles. The number of anilines is 1. The summed E-state index contributed by atoms with van der Waals surface area (Å²) in [5, 5.41) is 2.95. The van der Waals surface area contributed by atoms with Crippen molar-refractivity contribution in [2.24, 2.45) is 0 Å². The van der Waals surface area contributed by atoms with E-state index in [4.69, 9.17) is 5.73 Å². The highest BCUT2D eigenvalue weighted by Crippen LogP contribution is 2.36. The maximum atomic E-state index is 12.5. The van der Waals surface area contributed by atoms with Gasteiger partial charge in [0.05, 0.1) is 5.69 Å². The number of halogens is 1. The first kappa shape index (κ1) is 14.0. The quantitative estimate of drug-likeness (QED) is 0.744. The number of nitrogen functional groups attached to an aromatic ring is 1. The fraction of sp³-hybridized carbons (Fsp3) is 0.154. The summed E-state index contributed by atoms with van der Waals surface area (Å²) in [7, 11) is 0. The first-order valence-corrected chi connectivity index (χ1v) is 7.66. The molecule has 6 nitrogen and oxygen atoms in total. The summed E-state index contributed by atoms with van der Waals surface area (Å²) in [5.41, 5.74) is 6.41. The molecule has 21 heavy (non-hydrogen) atoms. The number of carbonyl (C=O) groups is 3. The van der Waals surface area contributed by atoms with Gasteiger partial charge in [-0.05, 0) is 12.1 Å². The van der Waals surface area contributed by atoms with Crippen molar-refractivity contribution in [1.29, 1.82) is 0 Å². The van der Waals surface area contributed by atoms with Gasteiger partial charge < -0.3 is 10.6 Å². The Bertz CT molecular complexity index is 770. The molecule has 0 spiro atoms. The number of nitrogens with zero attached hydrogens (tertiary/aromatic N) is 1. The number of fused-ring (bicyclic) bond motifs is 1. The standard InChI is InChI=1S/C13H10BrN3O3S/c14-6-1-2-7-8(3-6)21-12(11(7)15)13(20)17-4-9(18)16-10(19)5-17/h1-3H,4-5,15H2,(H,16,18,19). The van der Waals surface area contributed by atoms with Gasteiger partial charge in [-0.1, -0.05) is 22.0 Å². The number of rotatable bonds is 1. The van der Waals surface area contributed by atoms with E-state index in [1.165, 1.54) is 16.2 Å². The fourth-order valence-electron chi connectivity index (χ4n) is 2.17. The van der Waals surface area contributed by atoms with Crippen molar-refractivity contribution in [1.82, 2.24) is 10.2 Å². The number of hydrogen-bond donors (Lipinski definition) is 2. The van der Waals surface area contributed by atoms with E-state index in [1.54, 1.807) is 0 Å². The van der Waals surface area contributed by atoms with Crippen LogP contribution >= 0.6 is 27.3 Å². The summed E-state index contributed by atoms with van der Waals surface area (Å²) < 4.78 is 1.76. The van der Waals surface area contributed by atoms with Crippen LogP contribution in [0.3, 0.4) is 0 Å². The maximum absolute atomic E-state index is 12.5. The molecule has 0 aliphatic carbocycles. The first-order chi connectivity index (χ1) is 9.95. The van der Waals surface area contributed by atoms with Crippen molar-refractivity contribution in [2.45, 2.75) is 0 Å². The first-order valence-electron chi connectivity index (χ1n) is 6.05. The van der Waals surface area contributed by atoms with Crippen molar-refractivity contribution in [3.63, 3.8) is 0 Å². The van der Waals surface area contributed by atoms with Gasteiger partial charge in [0.2, 0.25) is 11.8 Å². The van der Waals surface area contributed by atoms with E-state index in [0.717, 1.165) is 14.6 Å². The normalized spacial score (nSPS) is 15.4. The van der Waals surface area contributed by atoms with E-state index in [1.807, 2.05) is 18.2 Å². The zero-order valence-electron chi connectivity index (χ0n) is 10.7. The summed E-state index contributed by atoms with van der Waals surface area (Å²) >= 11 is 4.62. The van der Waals surface area contributed by atoms with Crippen LogP contribution < -0.4 is 11.1 Å². The Labute approximate surface area is 132 Å². The minimum Gasteiger partial charge on any atom is -0.397 e. The Morgan fingerprint density at radius 3 is 2.62 bits per heavy atom. The van der Waals surface area contributed by atoms with E-state index in [2.05, 4.69) is 21.2 Å². The lowest BCUT2D eigenvalue weighted by atomic mass is 10.2. The van der Waals surface area contributed by atoms with Crippen LogP contribution in [0.1, 0.15) is 9.67 Å². The van der Waals surface area contributed by atoms with Gasteiger partial charge in [-0.25, -0.2) is 0 Å². The number of hydrogen-bond acceptors (Lipinski definition) is 5. The number of thiophene rings is 1. The zero-order valence-corrected chi connectivity index (χ0v) is 13.1. The smallest absolute Gasteiger partial charge is 0.267 e. The second kappa shape index (κ2) is 5.12. The van der Waals surface area contributed by atoms with E-state index in [9.17, 15) is 14.4 Å². The molecule has 1 saturated heterocycles. The van der Waals surface area contributed by atoms with Crippen LogP contribution in [0.25, 0.3) is 10.1 Å². The molecule has 2 aromatic rings. The van der Waals surface area contributed by atoms with Crippen LogP contribution in [0.2, 0.25) is 0 Å². The number of nitrogens with two attached hydrogens (primary N) is 1. The van der Waals surface area contributed by atoms with Gasteiger partial charge in [0.1, 0.15) is 18.0 Å². The maximum Gasteiger partial charge on any atom is 0.267 e. The lowest BCUT2D eigenvalue weighted by Gasteiger charge is -2.25. The van der Waals surface area contributed by atoms with Crippen molar-refractivity contribution < 1.29 is 14.4 Å². The molecular weight excluding hydrogens is 358 g/mol. The Hall–Kier alpha value is -1.93. The molecule has 0 atom stereocenters. The predicted octanol–water partition coefficient (Wildman–Crippen LogP) is 1.34. The Morgan fingerprint density at radius 2 is 1.95 bits per heavy atom. The van der Waals surface area contributed by atoms with E-state index >= 15 is 0 Å². The monoisotopic (exact) mass is 367 g/mol. The van der Waals surface area contributed by atoms with E-state index < -0.39 is 17.7 Å². The van der Waals surface area contributed by atoms with Crippen molar-refractivity contribution in [3.8, 4) is 0 Å². The van der Waals surface area contributed by atoms with Crippen LogP contribution in [-0.4, -0.2) is 35.7 Å². The van der Waals surface area contributed by atoms with Gasteiger partial charge >= 0.3 is 0 Å². The van der Waals surface area contributed by atoms with Crippen LogP contribution in [0.15, 0.2) is 22.7 Å². The Kier molecular flexibility index (Phi) is 3.42. The molecule has 2 heterocycles. The zero-order chi connectivity index (χ0) is 15.1. The van der Waals surface area contributed by atoms with Crippen LogP contribution in [0, 0.1) is 0 Å². The molecule has 3 rings (SSSR count). The number of nitrogens with one attached hydrogen (secondary N) is 1. The molecule has 1 fully saturated rings. The average Bonchev–Trinajstić information content (AvgIpc) is 2.73. The molecule has 0 unspecified atom stereocenters. The number of piperazine rings is 1. The summed E-state index contributed by atoms with van der Waals surface area (Å²) in [6, 6.07) is 5.55. The number of amides is 3. The third-order valence-electron chi connectivity index (χ3n) is 3.12. The second-order valence-electron chi connectivity index (χ2n) is 4.62. The molecular formula is C13H10BrN3O3S. The third-order valence-corrected chi connectivity index (χ3v) is 4.77. The summed E-state index contributed by atoms with van der Waals surface area (Å²) in [6.07, 6.45) is 0. The predicted molar refractivity (Wildman–Crippen MR) is 83.0 cm³/mol. The number of carbonyl (C=O) groups excluding carboxylic acids is 3. The third kappa shape index (κ3) is 2.52. The molecule has 0 bridgehead atoms. The highest BCUT2D eigenvalue weighted by atomic mass is 79.9. The highest BCUT2D eigenvalue weighted by Gasteiger charge is 2.29. The molecule has 1 aromatic heterocycles. The molecule has 3 amide bonds. The van der Waals surface area contributed by atoms with Crippen molar-refractivity contribution in [3.05, 3.63) is 27.5 Å². The number of benzene rings is 1. The SMILES string of the molecule is Nc1c(C(=O)N2CC(=O)NC(=O)C2)sc2cc(Br)ccc12. The van der Waals surface area contributed by atoms with Gasteiger partial charge in [-0.3, -0.25) is 19.7 Å². The molecule has 0 radical (unpaired) electrons. The summed E-state index contributed by atoms with van der Waals surface area (Å²) in [5.74, 6) is -1.36. The van der Waals surface area contributed by atoms with Gasteiger partial charge in [0.25, 0.3) is 5.91 Å². The number of imide groups is 1. The lowest BCUT2D eigenvalue weighted by Crippen LogP contribution is -2.53. The Balaban J connectivity index is 1.99. The second-order valence-corrected chi connectivity index (χ2v) is 6.59. The van der Waals surface area contributed by atoms with Crippen LogP contribution in [0.5, 0.6) is 0 Å². The van der Waals surface area contributed by atoms with Crippen LogP contribution in [0.4, 0.5) is 5.69 Å². The Morgan fingerprint density at radius 1 is 1.29 bits per heavy atom. The lowest BCUT2D eigenvalue weighted by molar-refractivity contribution is -0.135. The fourth-order valence-corrected chi connectivity index (χ4v) is 3.82. The van der Waals surface area contributed by atoms with Crippen molar-refractivity contribution >= 4 is 60.8 Å². The van der Waals surface area contributed by atoms with Gasteiger partial charge in [0, 0.05) is 14.6 Å². The van der Waals surface area contributed by atoms with Gasteiger partial charge in [-0.2, -0.15) is 0 Å². The average molecular weight is 368 g/mol. The molecule has 3 N–H and O–H groups in total. The van der Waals surface area contributed by atoms with E-state index in [-0.39, 0.29) is 13.1 Å². The molecule has 108 valence electrons. The molecule has 1 aliphatic heterocycles. The van der Waals surface area contributed by atoms with E-state index in [0.29, 0.717) is 10.6 Å². The highest BCUT2D eigenvalue weighted by molar-refractivity contribution is 9.10. The minimum absolute atomic E-state index is 0.137. The van der Waals surface area contributed by atoms with Gasteiger partial charge in [-0.15, -0.1) is 11.3 Å². The minimum atomic E-state index is -0.484. The largest absolute Gasteiger partial charge is 0.397 e.